The average molecular weight is 230 g/mol. The number of halogens is 1. The summed E-state index contributed by atoms with van der Waals surface area (Å²) >= 11 is 0. The van der Waals surface area contributed by atoms with Crippen molar-refractivity contribution in [2.24, 2.45) is 0 Å². The molecule has 1 aromatic carbocycles. The van der Waals surface area contributed by atoms with Crippen LogP contribution in [0.25, 0.3) is 0 Å². The second-order valence-corrected chi connectivity index (χ2v) is 3.06. The van der Waals surface area contributed by atoms with Crippen LogP contribution in [0.2, 0.25) is 0 Å². The number of hydrogen-bond acceptors (Lipinski definition) is 6. The normalized spacial score (nSPS) is 9.65. The zero-order valence-corrected chi connectivity index (χ0v) is 8.55. The molecule has 2 aromatic rings. The molecule has 0 saturated carbocycles. The van der Waals surface area contributed by atoms with E-state index in [1.165, 1.54) is 12.1 Å². The van der Waals surface area contributed by atoms with Crippen molar-refractivity contribution in [3.05, 3.63) is 35.9 Å². The standard InChI is InChI=1S/C10H7FN6/c11-6-3-1-2-4-7(6)14-10-16-8(5-12)15-9(13)17-10/h1-4H,(H3,13,14,15,16,17). The lowest BCUT2D eigenvalue weighted by atomic mass is 10.3. The predicted octanol–water partition coefficient (Wildman–Crippen LogP) is 1.21. The summed E-state index contributed by atoms with van der Waals surface area (Å²) in [5.41, 5.74) is 5.58. The molecule has 0 aliphatic carbocycles. The smallest absolute Gasteiger partial charge is 0.238 e. The van der Waals surface area contributed by atoms with E-state index in [0.717, 1.165) is 0 Å². The first kappa shape index (κ1) is 10.8. The van der Waals surface area contributed by atoms with Gasteiger partial charge in [-0.05, 0) is 12.1 Å². The van der Waals surface area contributed by atoms with Crippen molar-refractivity contribution < 1.29 is 4.39 Å². The molecule has 0 saturated heterocycles. The highest BCUT2D eigenvalue weighted by Crippen LogP contribution is 2.16. The molecular formula is C10H7FN6. The molecule has 17 heavy (non-hydrogen) atoms. The van der Waals surface area contributed by atoms with Gasteiger partial charge < -0.3 is 11.1 Å². The Morgan fingerprint density at radius 1 is 1.24 bits per heavy atom. The fourth-order valence-corrected chi connectivity index (χ4v) is 1.18. The number of nitrogens with one attached hydrogen (secondary N) is 1. The monoisotopic (exact) mass is 230 g/mol. The molecule has 0 aliphatic rings. The van der Waals surface area contributed by atoms with Crippen molar-refractivity contribution in [2.45, 2.75) is 0 Å². The predicted molar refractivity (Wildman–Crippen MR) is 58.6 cm³/mol. The minimum absolute atomic E-state index is 0.0270. The Hall–Kier alpha value is -2.75. The summed E-state index contributed by atoms with van der Waals surface area (Å²) in [7, 11) is 0. The average Bonchev–Trinajstić information content (AvgIpc) is 2.31. The highest BCUT2D eigenvalue weighted by Gasteiger charge is 2.06. The molecule has 0 unspecified atom stereocenters. The van der Waals surface area contributed by atoms with Crippen molar-refractivity contribution in [1.82, 2.24) is 15.0 Å². The fourth-order valence-electron chi connectivity index (χ4n) is 1.18. The van der Waals surface area contributed by atoms with Crippen molar-refractivity contribution in [3.8, 4) is 6.07 Å². The number of nitrogens with two attached hydrogens (primary N) is 1. The SMILES string of the molecule is N#Cc1nc(N)nc(Nc2ccccc2F)n1. The van der Waals surface area contributed by atoms with Crippen LogP contribution in [0.5, 0.6) is 0 Å². The lowest BCUT2D eigenvalue weighted by Gasteiger charge is -2.05. The molecule has 1 heterocycles. The van der Waals surface area contributed by atoms with Crippen molar-refractivity contribution in [2.75, 3.05) is 11.1 Å². The lowest BCUT2D eigenvalue weighted by Crippen LogP contribution is -2.05. The molecule has 6 nitrogen and oxygen atoms in total. The van der Waals surface area contributed by atoms with Crippen LogP contribution in [0.3, 0.4) is 0 Å². The Kier molecular flexibility index (Phi) is 2.79. The van der Waals surface area contributed by atoms with Gasteiger partial charge in [0.25, 0.3) is 0 Å². The fraction of sp³-hybridized carbons (Fsp3) is 0. The molecule has 1 aromatic heterocycles. The van der Waals surface area contributed by atoms with Gasteiger partial charge in [0.2, 0.25) is 17.7 Å². The number of benzene rings is 1. The Bertz CT molecular complexity index is 592. The molecule has 84 valence electrons. The first-order valence-corrected chi connectivity index (χ1v) is 4.62. The number of hydrogen-bond donors (Lipinski definition) is 2. The van der Waals surface area contributed by atoms with Gasteiger partial charge in [-0.1, -0.05) is 12.1 Å². The van der Waals surface area contributed by atoms with E-state index in [1.54, 1.807) is 18.2 Å². The van der Waals surface area contributed by atoms with Crippen LogP contribution in [0.1, 0.15) is 5.82 Å². The second-order valence-electron chi connectivity index (χ2n) is 3.06. The molecule has 0 radical (unpaired) electrons. The van der Waals surface area contributed by atoms with Gasteiger partial charge in [-0.15, -0.1) is 0 Å². The first-order valence-electron chi connectivity index (χ1n) is 4.62. The third-order valence-corrected chi connectivity index (χ3v) is 1.87. The largest absolute Gasteiger partial charge is 0.368 e. The van der Waals surface area contributed by atoms with Gasteiger partial charge in [0.05, 0.1) is 5.69 Å². The van der Waals surface area contributed by atoms with E-state index in [9.17, 15) is 4.39 Å². The minimum Gasteiger partial charge on any atom is -0.368 e. The van der Waals surface area contributed by atoms with E-state index in [4.69, 9.17) is 11.0 Å². The number of anilines is 3. The van der Waals surface area contributed by atoms with E-state index >= 15 is 0 Å². The summed E-state index contributed by atoms with van der Waals surface area (Å²) < 4.78 is 13.3. The van der Waals surface area contributed by atoms with Gasteiger partial charge in [0.1, 0.15) is 11.9 Å². The number of nitrogens with zero attached hydrogens (tertiary/aromatic N) is 4. The van der Waals surface area contributed by atoms with Gasteiger partial charge in [-0.3, -0.25) is 0 Å². The number of rotatable bonds is 2. The topological polar surface area (TPSA) is 101 Å². The first-order chi connectivity index (χ1) is 8.19. The van der Waals surface area contributed by atoms with E-state index < -0.39 is 5.82 Å². The minimum atomic E-state index is -0.454. The number of para-hydroxylation sites is 1. The molecule has 0 fully saturated rings. The Labute approximate surface area is 96.0 Å². The lowest BCUT2D eigenvalue weighted by molar-refractivity contribution is 0.631. The van der Waals surface area contributed by atoms with Crippen LogP contribution in [-0.4, -0.2) is 15.0 Å². The molecule has 3 N–H and O–H groups in total. The second kappa shape index (κ2) is 4.40. The molecule has 0 amide bonds. The summed E-state index contributed by atoms with van der Waals surface area (Å²) in [4.78, 5) is 11.1. The maximum Gasteiger partial charge on any atom is 0.238 e. The number of nitrogen functional groups attached to an aromatic ring is 1. The van der Waals surface area contributed by atoms with Gasteiger partial charge in [0.15, 0.2) is 0 Å². The highest BCUT2D eigenvalue weighted by atomic mass is 19.1. The van der Waals surface area contributed by atoms with Crippen molar-refractivity contribution >= 4 is 17.6 Å². The zero-order chi connectivity index (χ0) is 12.3. The zero-order valence-electron chi connectivity index (χ0n) is 8.55. The van der Waals surface area contributed by atoms with Crippen molar-refractivity contribution in [1.29, 1.82) is 5.26 Å². The van der Waals surface area contributed by atoms with Crippen LogP contribution in [0.4, 0.5) is 22.0 Å². The summed E-state index contributed by atoms with van der Waals surface area (Å²) in [5, 5.41) is 11.3. The number of aromatic nitrogens is 3. The van der Waals surface area contributed by atoms with E-state index in [2.05, 4.69) is 20.3 Å². The van der Waals surface area contributed by atoms with Gasteiger partial charge >= 0.3 is 0 Å². The molecule has 0 bridgehead atoms. The third kappa shape index (κ3) is 2.43. The van der Waals surface area contributed by atoms with Gasteiger partial charge in [-0.2, -0.15) is 20.2 Å². The van der Waals surface area contributed by atoms with Crippen LogP contribution >= 0.6 is 0 Å². The molecule has 7 heteroatoms. The van der Waals surface area contributed by atoms with Crippen LogP contribution in [0.15, 0.2) is 24.3 Å². The quantitative estimate of drug-likeness (QED) is 0.804. The third-order valence-electron chi connectivity index (χ3n) is 1.87. The molecule has 0 aliphatic heterocycles. The highest BCUT2D eigenvalue weighted by molar-refractivity contribution is 5.54. The van der Waals surface area contributed by atoms with Gasteiger partial charge in [0, 0.05) is 0 Å². The van der Waals surface area contributed by atoms with Crippen LogP contribution in [0, 0.1) is 17.1 Å². The summed E-state index contributed by atoms with van der Waals surface area (Å²) in [5.74, 6) is -0.657. The van der Waals surface area contributed by atoms with Crippen LogP contribution < -0.4 is 11.1 Å². The maximum atomic E-state index is 13.3. The van der Waals surface area contributed by atoms with Crippen LogP contribution in [-0.2, 0) is 0 Å². The summed E-state index contributed by atoms with van der Waals surface area (Å²) in [6, 6.07) is 7.75. The molecule has 2 rings (SSSR count). The Morgan fingerprint density at radius 3 is 2.71 bits per heavy atom. The molecular weight excluding hydrogens is 223 g/mol. The van der Waals surface area contributed by atoms with Crippen molar-refractivity contribution in [3.63, 3.8) is 0 Å². The maximum absolute atomic E-state index is 13.3. The molecule has 0 spiro atoms. The van der Waals surface area contributed by atoms with Gasteiger partial charge in [-0.25, -0.2) is 4.39 Å². The Morgan fingerprint density at radius 2 is 2.00 bits per heavy atom. The summed E-state index contributed by atoms with van der Waals surface area (Å²) in [6.45, 7) is 0. The Balaban J connectivity index is 2.34. The van der Waals surface area contributed by atoms with E-state index in [-0.39, 0.29) is 23.4 Å². The van der Waals surface area contributed by atoms with E-state index in [0.29, 0.717) is 0 Å². The molecule has 0 atom stereocenters. The van der Waals surface area contributed by atoms with E-state index in [1.807, 2.05) is 0 Å². The number of nitriles is 1. The summed E-state index contributed by atoms with van der Waals surface area (Å²) in [6.07, 6.45) is 0.